The van der Waals surface area contributed by atoms with E-state index in [1.54, 1.807) is 29.2 Å². The van der Waals surface area contributed by atoms with E-state index in [0.29, 0.717) is 37.2 Å². The Kier molecular flexibility index (Phi) is 7.32. The largest absolute Gasteiger partial charge is 0.507 e. The molecule has 10 nitrogen and oxygen atoms in total. The summed E-state index contributed by atoms with van der Waals surface area (Å²) < 4.78 is 32.5. The summed E-state index contributed by atoms with van der Waals surface area (Å²) in [6.07, 6.45) is 2.60. The average Bonchev–Trinajstić information content (AvgIpc) is 3.60. The number of fused-ring (bicyclic) bond motifs is 2. The van der Waals surface area contributed by atoms with Gasteiger partial charge in [0.05, 0.1) is 22.3 Å². The van der Waals surface area contributed by atoms with E-state index < -0.39 is 38.9 Å². The molecule has 2 saturated heterocycles. The number of hydrogen-bond donors (Lipinski definition) is 1. The quantitative estimate of drug-likeness (QED) is 0.296. The topological polar surface area (TPSA) is 125 Å². The number of ether oxygens (including phenoxy) is 1. The Morgan fingerprint density at radius 1 is 1.12 bits per heavy atom. The van der Waals surface area contributed by atoms with Crippen molar-refractivity contribution in [1.82, 2.24) is 9.21 Å². The van der Waals surface area contributed by atoms with E-state index in [0.717, 1.165) is 17.1 Å². The van der Waals surface area contributed by atoms with E-state index in [2.05, 4.69) is 0 Å². The number of likely N-dealkylation sites (tertiary alicyclic amines) is 1. The first-order chi connectivity index (χ1) is 19.1. The summed E-state index contributed by atoms with van der Waals surface area (Å²) in [6, 6.07) is 12.5. The van der Waals surface area contributed by atoms with Gasteiger partial charge in [0.25, 0.3) is 17.6 Å². The number of amides is 2. The number of Topliss-reactive ketones (excluding diaryl/α,β-unsaturated/α-hetero) is 1. The number of aliphatic hydroxyl groups is 1. The summed E-state index contributed by atoms with van der Waals surface area (Å²) in [7, 11) is -1.10. The van der Waals surface area contributed by atoms with Crippen molar-refractivity contribution in [3.05, 3.63) is 65.2 Å². The molecule has 11 heteroatoms. The first-order valence-electron chi connectivity index (χ1n) is 13.4. The van der Waals surface area contributed by atoms with Gasteiger partial charge in [0.15, 0.2) is 5.54 Å². The Morgan fingerprint density at radius 3 is 2.55 bits per heavy atom. The molecule has 1 N–H and O–H groups in total. The molecule has 40 heavy (non-hydrogen) atoms. The van der Waals surface area contributed by atoms with Crippen LogP contribution in [0.4, 0.5) is 5.69 Å². The van der Waals surface area contributed by atoms with E-state index >= 15 is 0 Å². The molecule has 0 saturated carbocycles. The first kappa shape index (κ1) is 28.0. The molecule has 2 unspecified atom stereocenters. The predicted octanol–water partition coefficient (Wildman–Crippen LogP) is 2.84. The van der Waals surface area contributed by atoms with Crippen LogP contribution in [-0.4, -0.2) is 80.2 Å². The van der Waals surface area contributed by atoms with Crippen molar-refractivity contribution in [1.29, 1.82) is 0 Å². The Labute approximate surface area is 233 Å². The number of benzene rings is 2. The number of sulfonamides is 1. The number of carbonyl (C=O) groups is 3. The molecular formula is C29H33N3O7S. The van der Waals surface area contributed by atoms with Crippen LogP contribution in [0.5, 0.6) is 0 Å². The standard InChI is InChI=1S/C29H33N3O7S/c1-4-5-15-31-23-14-7-6-13-22(23)29(28(31)36)24(26(34)27(35)32(29)18-20-11-9-16-39-20)25(33)19-10-8-12-21(17-19)40(37,38)30(2)3/h6-8,10,12-14,17,20,33H,4-5,9,11,15-16,18H2,1-3H3/b25-24+. The van der Waals surface area contributed by atoms with Gasteiger partial charge >= 0.3 is 0 Å². The summed E-state index contributed by atoms with van der Waals surface area (Å²) in [4.78, 5) is 44.7. The van der Waals surface area contributed by atoms with Gasteiger partial charge in [-0.05, 0) is 37.5 Å². The van der Waals surface area contributed by atoms with E-state index in [1.807, 2.05) is 6.92 Å². The summed E-state index contributed by atoms with van der Waals surface area (Å²) in [5, 5.41) is 11.7. The highest BCUT2D eigenvalue weighted by atomic mass is 32.2. The third kappa shape index (κ3) is 4.15. The molecule has 5 rings (SSSR count). The Morgan fingerprint density at radius 2 is 1.88 bits per heavy atom. The summed E-state index contributed by atoms with van der Waals surface area (Å²) >= 11 is 0. The third-order valence-electron chi connectivity index (χ3n) is 7.84. The van der Waals surface area contributed by atoms with Gasteiger partial charge < -0.3 is 19.6 Å². The normalized spacial score (nSPS) is 24.1. The predicted molar refractivity (Wildman–Crippen MR) is 148 cm³/mol. The fraction of sp³-hybridized carbons (Fsp3) is 0.414. The highest BCUT2D eigenvalue weighted by Crippen LogP contribution is 2.54. The zero-order chi connectivity index (χ0) is 28.8. The molecule has 2 fully saturated rings. The molecule has 0 aromatic heterocycles. The van der Waals surface area contributed by atoms with Crippen molar-refractivity contribution in [3.63, 3.8) is 0 Å². The van der Waals surface area contributed by atoms with Gasteiger partial charge in [-0.25, -0.2) is 12.7 Å². The summed E-state index contributed by atoms with van der Waals surface area (Å²) in [5.74, 6) is -3.02. The number of carbonyl (C=O) groups excluding carboxylic acids is 3. The average molecular weight is 568 g/mol. The van der Waals surface area contributed by atoms with Crippen LogP contribution < -0.4 is 4.90 Å². The number of unbranched alkanes of at least 4 members (excludes halogenated alkanes) is 1. The maximum absolute atomic E-state index is 14.5. The molecule has 3 aliphatic heterocycles. The molecule has 2 atom stereocenters. The van der Waals surface area contributed by atoms with E-state index in [1.165, 1.54) is 43.3 Å². The van der Waals surface area contributed by atoms with Crippen molar-refractivity contribution in [2.75, 3.05) is 38.7 Å². The van der Waals surface area contributed by atoms with E-state index in [9.17, 15) is 27.9 Å². The minimum absolute atomic E-state index is 0.00189. The molecule has 3 heterocycles. The van der Waals surface area contributed by atoms with Crippen LogP contribution in [0, 0.1) is 0 Å². The SMILES string of the molecule is CCCCN1C(=O)C2(/C(=C(/O)c3cccc(S(=O)(=O)N(C)C)c3)C(=O)C(=O)N2CC2CCCO2)c2ccccc21. The van der Waals surface area contributed by atoms with Gasteiger partial charge in [0.1, 0.15) is 5.76 Å². The van der Waals surface area contributed by atoms with Crippen LogP contribution in [0.15, 0.2) is 59.0 Å². The number of anilines is 1. The van der Waals surface area contributed by atoms with Crippen molar-refractivity contribution in [3.8, 4) is 0 Å². The zero-order valence-electron chi connectivity index (χ0n) is 22.8. The summed E-state index contributed by atoms with van der Waals surface area (Å²) in [5.41, 5.74) is -1.28. The van der Waals surface area contributed by atoms with Gasteiger partial charge in [0, 0.05) is 44.9 Å². The van der Waals surface area contributed by atoms with Crippen LogP contribution in [0.2, 0.25) is 0 Å². The van der Waals surface area contributed by atoms with Crippen LogP contribution in [0.25, 0.3) is 5.76 Å². The lowest BCUT2D eigenvalue weighted by atomic mass is 9.81. The number of rotatable bonds is 8. The van der Waals surface area contributed by atoms with Crippen LogP contribution in [-0.2, 0) is 34.7 Å². The highest BCUT2D eigenvalue weighted by Gasteiger charge is 2.67. The number of para-hydroxylation sites is 1. The smallest absolute Gasteiger partial charge is 0.296 e. The molecule has 0 radical (unpaired) electrons. The highest BCUT2D eigenvalue weighted by molar-refractivity contribution is 7.89. The second-order valence-electron chi connectivity index (χ2n) is 10.5. The van der Waals surface area contributed by atoms with Gasteiger partial charge in [0.2, 0.25) is 10.0 Å². The molecule has 0 bridgehead atoms. The number of hydrogen-bond acceptors (Lipinski definition) is 7. The lowest BCUT2D eigenvalue weighted by Crippen LogP contribution is -2.54. The second kappa shape index (κ2) is 10.5. The van der Waals surface area contributed by atoms with Crippen LogP contribution in [0.3, 0.4) is 0 Å². The first-order valence-corrected chi connectivity index (χ1v) is 14.9. The zero-order valence-corrected chi connectivity index (χ0v) is 23.6. The van der Waals surface area contributed by atoms with E-state index in [-0.39, 0.29) is 28.7 Å². The van der Waals surface area contributed by atoms with Crippen LogP contribution >= 0.6 is 0 Å². The van der Waals surface area contributed by atoms with Gasteiger partial charge in [-0.15, -0.1) is 0 Å². The lowest BCUT2D eigenvalue weighted by molar-refractivity contribution is -0.145. The fourth-order valence-electron chi connectivity index (χ4n) is 5.81. The van der Waals surface area contributed by atoms with E-state index in [4.69, 9.17) is 4.74 Å². The van der Waals surface area contributed by atoms with Crippen molar-refractivity contribution >= 4 is 39.1 Å². The second-order valence-corrected chi connectivity index (χ2v) is 12.6. The molecule has 2 amide bonds. The minimum atomic E-state index is -3.87. The van der Waals surface area contributed by atoms with Gasteiger partial charge in [-0.1, -0.05) is 43.7 Å². The fourth-order valence-corrected chi connectivity index (χ4v) is 6.75. The van der Waals surface area contributed by atoms with Crippen molar-refractivity contribution in [2.45, 2.75) is 49.1 Å². The molecule has 1 spiro atoms. The molecule has 2 aromatic carbocycles. The molecule has 3 aliphatic rings. The Bertz CT molecular complexity index is 1510. The molecular weight excluding hydrogens is 534 g/mol. The van der Waals surface area contributed by atoms with Gasteiger partial charge in [-0.2, -0.15) is 0 Å². The van der Waals surface area contributed by atoms with Gasteiger partial charge in [-0.3, -0.25) is 14.4 Å². The monoisotopic (exact) mass is 567 g/mol. The number of aliphatic hydroxyl groups excluding tert-OH is 1. The van der Waals surface area contributed by atoms with Crippen molar-refractivity contribution < 1.29 is 32.6 Å². The Balaban J connectivity index is 1.77. The van der Waals surface area contributed by atoms with Crippen LogP contribution in [0.1, 0.15) is 43.7 Å². The molecule has 212 valence electrons. The molecule has 2 aromatic rings. The number of nitrogens with zero attached hydrogens (tertiary/aromatic N) is 3. The minimum Gasteiger partial charge on any atom is -0.507 e. The lowest BCUT2D eigenvalue weighted by Gasteiger charge is -2.35. The third-order valence-corrected chi connectivity index (χ3v) is 9.65. The summed E-state index contributed by atoms with van der Waals surface area (Å²) in [6.45, 7) is 2.88. The Hall–Kier alpha value is -3.54. The number of ketones is 1. The maximum Gasteiger partial charge on any atom is 0.296 e. The maximum atomic E-state index is 14.5. The van der Waals surface area contributed by atoms with Crippen molar-refractivity contribution in [2.24, 2.45) is 0 Å². The molecule has 0 aliphatic carbocycles.